The number of rotatable bonds is 7. The average molecular weight is 345 g/mol. The molecule has 1 aliphatic heterocycles. The van der Waals surface area contributed by atoms with E-state index in [0.29, 0.717) is 17.8 Å². The van der Waals surface area contributed by atoms with Crippen LogP contribution in [0, 0.1) is 0 Å². The maximum atomic E-state index is 5.76. The second-order valence-electron chi connectivity index (χ2n) is 8.15. The molecule has 0 N–H and O–H groups in total. The van der Waals surface area contributed by atoms with Crippen molar-refractivity contribution in [3.05, 3.63) is 46.7 Å². The van der Waals surface area contributed by atoms with E-state index in [4.69, 9.17) is 9.47 Å². The van der Waals surface area contributed by atoms with Gasteiger partial charge in [-0.15, -0.1) is 0 Å². The summed E-state index contributed by atoms with van der Waals surface area (Å²) in [6.07, 6.45) is 8.22. The summed E-state index contributed by atoms with van der Waals surface area (Å²) in [5, 5.41) is 0. The molecule has 0 saturated carbocycles. The van der Waals surface area contributed by atoms with E-state index in [1.54, 1.807) is 0 Å². The van der Waals surface area contributed by atoms with E-state index < -0.39 is 0 Å². The number of hydrogen-bond acceptors (Lipinski definition) is 2. The molecular weight excluding hydrogens is 308 g/mol. The number of allylic oxidation sites excluding steroid dienone is 1. The lowest BCUT2D eigenvalue weighted by atomic mass is 9.83. The molecule has 0 radical (unpaired) electrons. The minimum absolute atomic E-state index is 0.0533. The van der Waals surface area contributed by atoms with Crippen LogP contribution in [0.5, 0.6) is 0 Å². The maximum Gasteiger partial charge on any atom is 0.198 e. The van der Waals surface area contributed by atoms with Gasteiger partial charge >= 0.3 is 0 Å². The fourth-order valence-corrected chi connectivity index (χ4v) is 3.47. The lowest BCUT2D eigenvalue weighted by Crippen LogP contribution is -2.20. The fourth-order valence-electron chi connectivity index (χ4n) is 3.47. The van der Waals surface area contributed by atoms with E-state index in [0.717, 1.165) is 25.9 Å². The Hall–Kier alpha value is -1.28. The molecule has 2 rings (SSSR count). The Morgan fingerprint density at radius 3 is 2.12 bits per heavy atom. The average Bonchev–Trinajstić information content (AvgIpc) is 2.58. The summed E-state index contributed by atoms with van der Waals surface area (Å²) < 4.78 is 11.4. The van der Waals surface area contributed by atoms with Gasteiger partial charge in [-0.1, -0.05) is 53.7 Å². The predicted octanol–water partition coefficient (Wildman–Crippen LogP) is 6.66. The molecule has 2 heteroatoms. The van der Waals surface area contributed by atoms with Crippen molar-refractivity contribution in [1.82, 2.24) is 0 Å². The van der Waals surface area contributed by atoms with Crippen LogP contribution in [0.15, 0.2) is 24.5 Å². The second-order valence-corrected chi connectivity index (χ2v) is 8.15. The molecule has 140 valence electrons. The van der Waals surface area contributed by atoms with Crippen molar-refractivity contribution in [2.45, 2.75) is 91.3 Å². The van der Waals surface area contributed by atoms with Gasteiger partial charge in [0.15, 0.2) is 6.29 Å². The molecule has 25 heavy (non-hydrogen) atoms. The van der Waals surface area contributed by atoms with Gasteiger partial charge in [0.2, 0.25) is 0 Å². The monoisotopic (exact) mass is 344 g/mol. The first-order valence-electron chi connectivity index (χ1n) is 9.98. The van der Waals surface area contributed by atoms with Gasteiger partial charge in [0.1, 0.15) is 0 Å². The van der Waals surface area contributed by atoms with E-state index in [-0.39, 0.29) is 6.29 Å². The fraction of sp³-hybridized carbons (Fsp3) is 0.652. The van der Waals surface area contributed by atoms with Crippen LogP contribution in [-0.4, -0.2) is 12.9 Å². The minimum atomic E-state index is -0.0533. The summed E-state index contributed by atoms with van der Waals surface area (Å²) in [5.74, 6) is 1.62. The molecule has 0 aliphatic carbocycles. The van der Waals surface area contributed by atoms with Crippen LogP contribution in [0.1, 0.15) is 101 Å². The zero-order valence-electron chi connectivity index (χ0n) is 17.0. The number of ether oxygens (including phenoxy) is 2. The second kappa shape index (κ2) is 9.43. The van der Waals surface area contributed by atoms with Gasteiger partial charge in [-0.3, -0.25) is 0 Å². The van der Waals surface area contributed by atoms with E-state index in [9.17, 15) is 0 Å². The summed E-state index contributed by atoms with van der Waals surface area (Å²) in [7, 11) is 0. The van der Waals surface area contributed by atoms with Gasteiger partial charge in [0.05, 0.1) is 12.9 Å². The summed E-state index contributed by atoms with van der Waals surface area (Å²) in [6, 6.07) is 4.82. The van der Waals surface area contributed by atoms with Crippen LogP contribution in [-0.2, 0) is 15.9 Å². The summed E-state index contributed by atoms with van der Waals surface area (Å²) in [5.41, 5.74) is 5.88. The van der Waals surface area contributed by atoms with Gasteiger partial charge in [-0.05, 0) is 65.3 Å². The van der Waals surface area contributed by atoms with Crippen LogP contribution < -0.4 is 0 Å². The molecule has 0 spiro atoms. The van der Waals surface area contributed by atoms with Crippen molar-refractivity contribution in [3.8, 4) is 0 Å². The Labute approximate surface area is 154 Å². The van der Waals surface area contributed by atoms with Gasteiger partial charge in [-0.25, -0.2) is 0 Å². The molecule has 1 atom stereocenters. The van der Waals surface area contributed by atoms with Gasteiger partial charge < -0.3 is 9.47 Å². The maximum absolute atomic E-state index is 5.76. The smallest absolute Gasteiger partial charge is 0.198 e. The third-order valence-corrected chi connectivity index (χ3v) is 5.04. The predicted molar refractivity (Wildman–Crippen MR) is 106 cm³/mol. The van der Waals surface area contributed by atoms with Gasteiger partial charge in [0, 0.05) is 6.42 Å². The zero-order chi connectivity index (χ0) is 18.4. The van der Waals surface area contributed by atoms with Crippen molar-refractivity contribution in [3.63, 3.8) is 0 Å². The summed E-state index contributed by atoms with van der Waals surface area (Å²) in [6.45, 7) is 14.6. The third kappa shape index (κ3) is 5.60. The summed E-state index contributed by atoms with van der Waals surface area (Å²) >= 11 is 0. The van der Waals surface area contributed by atoms with Crippen LogP contribution in [0.3, 0.4) is 0 Å². The van der Waals surface area contributed by atoms with Crippen molar-refractivity contribution >= 4 is 0 Å². The lowest BCUT2D eigenvalue weighted by Gasteiger charge is -2.23. The zero-order valence-corrected chi connectivity index (χ0v) is 17.0. The molecule has 1 fully saturated rings. The Morgan fingerprint density at radius 2 is 1.64 bits per heavy atom. The molecule has 1 aliphatic rings. The first kappa shape index (κ1) is 20.0. The van der Waals surface area contributed by atoms with E-state index >= 15 is 0 Å². The van der Waals surface area contributed by atoms with Crippen LogP contribution >= 0.6 is 0 Å². The first-order chi connectivity index (χ1) is 11.9. The van der Waals surface area contributed by atoms with Crippen molar-refractivity contribution < 1.29 is 9.47 Å². The molecule has 0 bridgehead atoms. The molecule has 0 amide bonds. The van der Waals surface area contributed by atoms with Crippen molar-refractivity contribution in [2.24, 2.45) is 0 Å². The third-order valence-electron chi connectivity index (χ3n) is 5.04. The first-order valence-corrected chi connectivity index (χ1v) is 9.98. The highest BCUT2D eigenvalue weighted by atomic mass is 16.7. The van der Waals surface area contributed by atoms with Crippen molar-refractivity contribution in [2.75, 3.05) is 6.61 Å². The Balaban J connectivity index is 2.19. The van der Waals surface area contributed by atoms with Crippen LogP contribution in [0.2, 0.25) is 0 Å². The highest BCUT2D eigenvalue weighted by Gasteiger charge is 2.16. The number of benzene rings is 1. The van der Waals surface area contributed by atoms with Gasteiger partial charge in [0.25, 0.3) is 0 Å². The van der Waals surface area contributed by atoms with Gasteiger partial charge in [-0.2, -0.15) is 0 Å². The molecule has 1 aromatic rings. The summed E-state index contributed by atoms with van der Waals surface area (Å²) in [4.78, 5) is 0. The molecular formula is C23H36O2. The van der Waals surface area contributed by atoms with Crippen LogP contribution in [0.4, 0.5) is 0 Å². The molecule has 0 aromatic heterocycles. The molecule has 2 nitrogen and oxygen atoms in total. The van der Waals surface area contributed by atoms with E-state index in [1.165, 1.54) is 28.7 Å². The Bertz CT molecular complexity index is 534. The largest absolute Gasteiger partial charge is 0.473 e. The molecule has 1 aromatic carbocycles. The minimum Gasteiger partial charge on any atom is -0.473 e. The molecule has 1 unspecified atom stereocenters. The van der Waals surface area contributed by atoms with Crippen molar-refractivity contribution in [1.29, 1.82) is 0 Å². The highest BCUT2D eigenvalue weighted by Crippen LogP contribution is 2.32. The Kier molecular flexibility index (Phi) is 7.56. The SMILES string of the molecule is CC(C)c1cc(C(C)C)c(C/C=C/OC2CCCCO2)c(C(C)C)c1. The molecule has 1 saturated heterocycles. The topological polar surface area (TPSA) is 18.5 Å². The quantitative estimate of drug-likeness (QED) is 0.515. The van der Waals surface area contributed by atoms with Crippen LogP contribution in [0.25, 0.3) is 0 Å². The van der Waals surface area contributed by atoms with E-state index in [1.807, 2.05) is 6.26 Å². The molecule has 1 heterocycles. The highest BCUT2D eigenvalue weighted by molar-refractivity contribution is 5.44. The normalized spacial score (nSPS) is 18.7. The Morgan fingerprint density at radius 1 is 1.00 bits per heavy atom. The standard InChI is InChI=1S/C23H36O2/c1-16(2)19-14-21(17(3)4)20(22(15-19)18(5)6)10-9-13-25-23-11-7-8-12-24-23/h9,13-18,23H,7-8,10-12H2,1-6H3/b13-9+. The lowest BCUT2D eigenvalue weighted by molar-refractivity contribution is -0.129. The number of hydrogen-bond donors (Lipinski definition) is 0. The van der Waals surface area contributed by atoms with E-state index in [2.05, 4.69) is 59.8 Å².